The van der Waals surface area contributed by atoms with E-state index in [2.05, 4.69) is 13.8 Å². The fourth-order valence-corrected chi connectivity index (χ4v) is 3.00. The fraction of sp³-hybridized carbons (Fsp3) is 1.00. The Morgan fingerprint density at radius 2 is 1.71 bits per heavy atom. The lowest BCUT2D eigenvalue weighted by atomic mass is 9.90. The molecule has 0 aromatic carbocycles. The van der Waals surface area contributed by atoms with E-state index in [-0.39, 0.29) is 5.56 Å². The fourth-order valence-electron chi connectivity index (χ4n) is 2.70. The van der Waals surface area contributed by atoms with Crippen LogP contribution in [0.1, 0.15) is 71.6 Å². The molecule has 0 bridgehead atoms. The molecule has 0 saturated carbocycles. The van der Waals surface area contributed by atoms with Gasteiger partial charge in [0.05, 0.1) is 6.61 Å². The molecule has 1 aliphatic heterocycles. The predicted molar refractivity (Wildman–Crippen MR) is 75.5 cm³/mol. The second-order valence-corrected chi connectivity index (χ2v) is 6.13. The van der Waals surface area contributed by atoms with Crippen LogP contribution in [-0.4, -0.2) is 12.2 Å². The second kappa shape index (κ2) is 9.22. The molecule has 1 nitrogen and oxygen atoms in total. The van der Waals surface area contributed by atoms with E-state index in [1.165, 1.54) is 57.8 Å². The van der Waals surface area contributed by atoms with Crippen LogP contribution in [0.25, 0.3) is 0 Å². The molecule has 3 unspecified atom stereocenters. The molecule has 0 amide bonds. The number of unbranched alkanes of at least 4 members (excludes halogenated alkanes) is 6. The first-order chi connectivity index (χ1) is 8.24. The minimum absolute atomic E-state index is 0.0220. The molecule has 0 aromatic heterocycles. The van der Waals surface area contributed by atoms with Crippen molar-refractivity contribution in [1.29, 1.82) is 0 Å². The van der Waals surface area contributed by atoms with Gasteiger partial charge < -0.3 is 4.74 Å². The first-order valence-electron chi connectivity index (χ1n) is 7.49. The van der Waals surface area contributed by atoms with Crippen LogP contribution in [0.5, 0.6) is 0 Å². The maximum absolute atomic E-state index is 6.21. The summed E-state index contributed by atoms with van der Waals surface area (Å²) >= 11 is 6.21. The Kier molecular flexibility index (Phi) is 8.30. The minimum Gasteiger partial charge on any atom is -0.362 e. The molecule has 17 heavy (non-hydrogen) atoms. The molecule has 0 spiro atoms. The smallest absolute Gasteiger partial charge is 0.134 e. The molecule has 0 radical (unpaired) electrons. The van der Waals surface area contributed by atoms with Crippen molar-refractivity contribution in [1.82, 2.24) is 0 Å². The Morgan fingerprint density at radius 1 is 1.06 bits per heavy atom. The van der Waals surface area contributed by atoms with Gasteiger partial charge in [0.2, 0.25) is 0 Å². The molecular formula is C15H29ClO. The Labute approximate surface area is 112 Å². The average Bonchev–Trinajstić information content (AvgIpc) is 2.32. The van der Waals surface area contributed by atoms with Gasteiger partial charge in [-0.25, -0.2) is 0 Å². The first kappa shape index (κ1) is 15.3. The molecule has 1 fully saturated rings. The summed E-state index contributed by atoms with van der Waals surface area (Å²) in [7, 11) is 0. The van der Waals surface area contributed by atoms with Crippen molar-refractivity contribution in [3.63, 3.8) is 0 Å². The molecule has 1 rings (SSSR count). The highest BCUT2D eigenvalue weighted by Crippen LogP contribution is 2.31. The van der Waals surface area contributed by atoms with E-state index >= 15 is 0 Å². The van der Waals surface area contributed by atoms with Crippen molar-refractivity contribution in [3.8, 4) is 0 Å². The van der Waals surface area contributed by atoms with Crippen LogP contribution in [0.3, 0.4) is 0 Å². The van der Waals surface area contributed by atoms with E-state index in [1.807, 2.05) is 0 Å². The normalized spacial score (nSPS) is 29.5. The van der Waals surface area contributed by atoms with Crippen LogP contribution >= 0.6 is 11.6 Å². The van der Waals surface area contributed by atoms with Gasteiger partial charge in [0.15, 0.2) is 0 Å². The van der Waals surface area contributed by atoms with Crippen LogP contribution in [0, 0.1) is 11.8 Å². The zero-order valence-electron chi connectivity index (χ0n) is 11.6. The van der Waals surface area contributed by atoms with Crippen molar-refractivity contribution in [2.45, 2.75) is 77.2 Å². The third kappa shape index (κ3) is 6.67. The number of hydrogen-bond acceptors (Lipinski definition) is 1. The van der Waals surface area contributed by atoms with Gasteiger partial charge in [0, 0.05) is 0 Å². The van der Waals surface area contributed by atoms with Gasteiger partial charge in [0.1, 0.15) is 5.56 Å². The van der Waals surface area contributed by atoms with E-state index in [1.54, 1.807) is 0 Å². The molecule has 3 atom stereocenters. The van der Waals surface area contributed by atoms with Crippen molar-refractivity contribution in [2.75, 3.05) is 6.61 Å². The van der Waals surface area contributed by atoms with Gasteiger partial charge >= 0.3 is 0 Å². The van der Waals surface area contributed by atoms with E-state index < -0.39 is 0 Å². The molecule has 1 aliphatic rings. The van der Waals surface area contributed by atoms with Gasteiger partial charge in [-0.15, -0.1) is 0 Å². The van der Waals surface area contributed by atoms with Crippen LogP contribution in [0.2, 0.25) is 0 Å². The SMILES string of the molecule is CCCCCCCCCC1CC(C)COC1Cl. The summed E-state index contributed by atoms with van der Waals surface area (Å²) in [6.07, 6.45) is 12.2. The van der Waals surface area contributed by atoms with Crippen LogP contribution < -0.4 is 0 Å². The van der Waals surface area contributed by atoms with Crippen LogP contribution in [-0.2, 0) is 4.74 Å². The number of halogens is 1. The highest BCUT2D eigenvalue weighted by Gasteiger charge is 2.27. The lowest BCUT2D eigenvalue weighted by Crippen LogP contribution is -2.29. The lowest BCUT2D eigenvalue weighted by molar-refractivity contribution is -0.00903. The summed E-state index contributed by atoms with van der Waals surface area (Å²) < 4.78 is 5.58. The minimum atomic E-state index is -0.0220. The zero-order chi connectivity index (χ0) is 12.5. The Balaban J connectivity index is 1.97. The van der Waals surface area contributed by atoms with Crippen LogP contribution in [0.15, 0.2) is 0 Å². The lowest BCUT2D eigenvalue weighted by Gasteiger charge is -2.31. The third-order valence-electron chi connectivity index (χ3n) is 3.79. The van der Waals surface area contributed by atoms with E-state index in [9.17, 15) is 0 Å². The topological polar surface area (TPSA) is 9.23 Å². The van der Waals surface area contributed by atoms with Gasteiger partial charge in [0.25, 0.3) is 0 Å². The quantitative estimate of drug-likeness (QED) is 0.421. The Hall–Kier alpha value is 0.250. The number of ether oxygens (including phenoxy) is 1. The number of hydrogen-bond donors (Lipinski definition) is 0. The summed E-state index contributed by atoms with van der Waals surface area (Å²) in [6.45, 7) is 5.38. The highest BCUT2D eigenvalue weighted by molar-refractivity contribution is 6.19. The number of rotatable bonds is 8. The second-order valence-electron chi connectivity index (χ2n) is 5.70. The van der Waals surface area contributed by atoms with Crippen molar-refractivity contribution >= 4 is 11.6 Å². The van der Waals surface area contributed by atoms with Crippen LogP contribution in [0.4, 0.5) is 0 Å². The Morgan fingerprint density at radius 3 is 2.41 bits per heavy atom. The third-order valence-corrected chi connectivity index (χ3v) is 4.28. The molecule has 1 saturated heterocycles. The maximum atomic E-state index is 6.21. The van der Waals surface area contributed by atoms with E-state index in [4.69, 9.17) is 16.3 Å². The molecule has 2 heteroatoms. The summed E-state index contributed by atoms with van der Waals surface area (Å²) in [6, 6.07) is 0. The molecule has 102 valence electrons. The van der Waals surface area contributed by atoms with Crippen molar-refractivity contribution in [3.05, 3.63) is 0 Å². The molecule has 0 N–H and O–H groups in total. The summed E-state index contributed by atoms with van der Waals surface area (Å²) in [5, 5.41) is 0. The van der Waals surface area contributed by atoms with E-state index in [0.29, 0.717) is 11.8 Å². The average molecular weight is 261 g/mol. The molecular weight excluding hydrogens is 232 g/mol. The summed E-state index contributed by atoms with van der Waals surface area (Å²) in [5.74, 6) is 1.29. The van der Waals surface area contributed by atoms with E-state index in [0.717, 1.165) is 6.61 Å². The highest BCUT2D eigenvalue weighted by atomic mass is 35.5. The standard InChI is InChI=1S/C15H29ClO/c1-3-4-5-6-7-8-9-10-14-11-13(2)12-17-15(14)16/h13-15H,3-12H2,1-2H3. The molecule has 1 heterocycles. The maximum Gasteiger partial charge on any atom is 0.134 e. The predicted octanol–water partition coefficient (Wildman–Crippen LogP) is 5.36. The monoisotopic (exact) mass is 260 g/mol. The van der Waals surface area contributed by atoms with Crippen molar-refractivity contribution in [2.24, 2.45) is 11.8 Å². The van der Waals surface area contributed by atoms with Gasteiger partial charge in [-0.2, -0.15) is 0 Å². The largest absolute Gasteiger partial charge is 0.362 e. The van der Waals surface area contributed by atoms with Gasteiger partial charge in [-0.05, 0) is 24.7 Å². The van der Waals surface area contributed by atoms with Gasteiger partial charge in [-0.1, -0.05) is 70.4 Å². The molecule has 0 aromatic rings. The Bertz CT molecular complexity index is 184. The summed E-state index contributed by atoms with van der Waals surface area (Å²) in [4.78, 5) is 0. The van der Waals surface area contributed by atoms with Gasteiger partial charge in [-0.3, -0.25) is 0 Å². The summed E-state index contributed by atoms with van der Waals surface area (Å²) in [5.41, 5.74) is -0.0220. The first-order valence-corrected chi connectivity index (χ1v) is 7.93. The number of alkyl halides is 1. The zero-order valence-corrected chi connectivity index (χ0v) is 12.3. The molecule has 0 aliphatic carbocycles. The van der Waals surface area contributed by atoms with Crippen molar-refractivity contribution < 1.29 is 4.74 Å².